The van der Waals surface area contributed by atoms with Crippen LogP contribution in [0.1, 0.15) is 9.67 Å². The maximum Gasteiger partial charge on any atom is 0.261 e. The van der Waals surface area contributed by atoms with Gasteiger partial charge in [-0.05, 0) is 11.4 Å². The Kier molecular flexibility index (Phi) is 2.10. The lowest BCUT2D eigenvalue weighted by Crippen LogP contribution is -2.26. The fourth-order valence-electron chi connectivity index (χ4n) is 0.887. The van der Waals surface area contributed by atoms with Crippen molar-refractivity contribution in [2.75, 3.05) is 13.2 Å². The molecule has 1 fully saturated rings. The highest BCUT2D eigenvalue weighted by Gasteiger charge is 2.22. The molecule has 0 aliphatic carbocycles. The minimum Gasteiger partial charge on any atom is -0.371 e. The molecule has 0 spiro atoms. The summed E-state index contributed by atoms with van der Waals surface area (Å²) < 4.78 is 4.96. The smallest absolute Gasteiger partial charge is 0.261 e. The number of nitrogens with one attached hydrogen (secondary N) is 1. The summed E-state index contributed by atoms with van der Waals surface area (Å²) in [5.41, 5.74) is 0. The molecule has 0 saturated carbocycles. The van der Waals surface area contributed by atoms with Crippen LogP contribution in [-0.4, -0.2) is 25.2 Å². The van der Waals surface area contributed by atoms with E-state index in [1.807, 2.05) is 17.5 Å². The molecule has 0 bridgehead atoms. The molecule has 1 aromatic rings. The van der Waals surface area contributed by atoms with Gasteiger partial charge in [0.25, 0.3) is 5.91 Å². The molecule has 1 aliphatic rings. The van der Waals surface area contributed by atoms with Gasteiger partial charge in [-0.25, -0.2) is 0 Å². The number of ether oxygens (including phenoxy) is 1. The van der Waals surface area contributed by atoms with Gasteiger partial charge < -0.3 is 10.1 Å². The highest BCUT2D eigenvalue weighted by Crippen LogP contribution is 2.10. The maximum absolute atomic E-state index is 11.3. The van der Waals surface area contributed by atoms with Crippen LogP contribution in [0, 0.1) is 0 Å². The average Bonchev–Trinajstić information content (AvgIpc) is 2.74. The molecule has 64 valence electrons. The summed E-state index contributed by atoms with van der Waals surface area (Å²) in [7, 11) is 0. The monoisotopic (exact) mass is 183 g/mol. The first-order valence-electron chi connectivity index (χ1n) is 3.79. The summed E-state index contributed by atoms with van der Waals surface area (Å²) >= 11 is 1.45. The molecule has 2 heterocycles. The molecule has 3 nitrogen and oxygen atoms in total. The largest absolute Gasteiger partial charge is 0.371 e. The quantitative estimate of drug-likeness (QED) is 0.707. The van der Waals surface area contributed by atoms with Crippen LogP contribution in [0.4, 0.5) is 0 Å². The van der Waals surface area contributed by atoms with Crippen LogP contribution in [0.2, 0.25) is 0 Å². The number of amides is 1. The van der Waals surface area contributed by atoms with Crippen LogP contribution >= 0.6 is 11.3 Å². The van der Waals surface area contributed by atoms with Crippen molar-refractivity contribution in [2.24, 2.45) is 0 Å². The summed E-state index contributed by atoms with van der Waals surface area (Å²) in [6.45, 7) is 1.42. The second-order valence-corrected chi connectivity index (χ2v) is 3.59. The van der Waals surface area contributed by atoms with Crippen molar-refractivity contribution in [1.29, 1.82) is 0 Å². The molecule has 1 saturated heterocycles. The molecule has 12 heavy (non-hydrogen) atoms. The second-order valence-electron chi connectivity index (χ2n) is 2.64. The normalized spacial score (nSPS) is 20.5. The minimum absolute atomic E-state index is 0.000463. The third-order valence-corrected chi connectivity index (χ3v) is 2.51. The lowest BCUT2D eigenvalue weighted by molar-refractivity contribution is 0.0954. The number of thiophene rings is 1. The van der Waals surface area contributed by atoms with E-state index in [9.17, 15) is 4.79 Å². The standard InChI is InChI=1S/C8H9NO2S/c10-8(7-2-1-3-12-7)9-4-6-5-11-6/h1-3,6H,4-5H2,(H,9,10)/t6-/m1/s1. The third-order valence-electron chi connectivity index (χ3n) is 1.64. The van der Waals surface area contributed by atoms with E-state index in [4.69, 9.17) is 4.74 Å². The van der Waals surface area contributed by atoms with E-state index in [-0.39, 0.29) is 12.0 Å². The summed E-state index contributed by atoms with van der Waals surface area (Å²) in [6, 6.07) is 3.68. The van der Waals surface area contributed by atoms with Gasteiger partial charge in [-0.1, -0.05) is 6.07 Å². The SMILES string of the molecule is O=C(NC[C@@H]1CO1)c1cccs1. The Morgan fingerprint density at radius 1 is 1.83 bits per heavy atom. The fourth-order valence-corrected chi connectivity index (χ4v) is 1.53. The van der Waals surface area contributed by atoms with Crippen molar-refractivity contribution in [2.45, 2.75) is 6.10 Å². The summed E-state index contributed by atoms with van der Waals surface area (Å²) in [5, 5.41) is 4.68. The molecule has 4 heteroatoms. The molecule has 1 aromatic heterocycles. The molecule has 1 N–H and O–H groups in total. The Bertz CT molecular complexity index is 267. The number of carbonyl (C=O) groups excluding carboxylic acids is 1. The van der Waals surface area contributed by atoms with Gasteiger partial charge in [0.1, 0.15) is 0 Å². The topological polar surface area (TPSA) is 41.6 Å². The zero-order valence-electron chi connectivity index (χ0n) is 6.45. The molecular formula is C8H9NO2S. The highest BCUT2D eigenvalue weighted by molar-refractivity contribution is 7.12. The number of epoxide rings is 1. The molecule has 1 amide bonds. The predicted molar refractivity (Wildman–Crippen MR) is 46.4 cm³/mol. The molecule has 1 atom stereocenters. The van der Waals surface area contributed by atoms with Crippen LogP contribution in [0.15, 0.2) is 17.5 Å². The van der Waals surface area contributed by atoms with Gasteiger partial charge in [0, 0.05) is 6.54 Å². The predicted octanol–water partition coefficient (Wildman–Crippen LogP) is 0.877. The first-order chi connectivity index (χ1) is 5.86. The van der Waals surface area contributed by atoms with Gasteiger partial charge in [-0.3, -0.25) is 4.79 Å². The molecule has 0 unspecified atom stereocenters. The summed E-state index contributed by atoms with van der Waals surface area (Å²) in [5.74, 6) is 0.000463. The van der Waals surface area contributed by atoms with Gasteiger partial charge in [0.15, 0.2) is 0 Å². The minimum atomic E-state index is 0.000463. The molecule has 0 radical (unpaired) electrons. The van der Waals surface area contributed by atoms with E-state index in [0.29, 0.717) is 6.54 Å². The Morgan fingerprint density at radius 3 is 3.25 bits per heavy atom. The van der Waals surface area contributed by atoms with Crippen LogP contribution in [0.3, 0.4) is 0 Å². The van der Waals surface area contributed by atoms with Crippen molar-refractivity contribution < 1.29 is 9.53 Å². The summed E-state index contributed by atoms with van der Waals surface area (Å²) in [6.07, 6.45) is 0.258. The van der Waals surface area contributed by atoms with E-state index >= 15 is 0 Å². The highest BCUT2D eigenvalue weighted by atomic mass is 32.1. The first kappa shape index (κ1) is 7.76. The van der Waals surface area contributed by atoms with Gasteiger partial charge in [-0.2, -0.15) is 0 Å². The maximum atomic E-state index is 11.3. The number of hydrogen-bond donors (Lipinski definition) is 1. The zero-order chi connectivity index (χ0) is 8.39. The second kappa shape index (κ2) is 3.25. The fraction of sp³-hybridized carbons (Fsp3) is 0.375. The van der Waals surface area contributed by atoms with Crippen molar-refractivity contribution in [3.05, 3.63) is 22.4 Å². The van der Waals surface area contributed by atoms with E-state index in [2.05, 4.69) is 5.32 Å². The van der Waals surface area contributed by atoms with Crippen LogP contribution in [0.5, 0.6) is 0 Å². The van der Waals surface area contributed by atoms with Crippen LogP contribution in [-0.2, 0) is 4.74 Å². The summed E-state index contributed by atoms with van der Waals surface area (Å²) in [4.78, 5) is 12.0. The molecule has 2 rings (SSSR count). The van der Waals surface area contributed by atoms with Crippen molar-refractivity contribution >= 4 is 17.2 Å². The van der Waals surface area contributed by atoms with Crippen LogP contribution < -0.4 is 5.32 Å². The van der Waals surface area contributed by atoms with Crippen molar-refractivity contribution in [1.82, 2.24) is 5.32 Å². The lowest BCUT2D eigenvalue weighted by Gasteiger charge is -1.98. The average molecular weight is 183 g/mol. The Hall–Kier alpha value is -0.870. The number of carbonyl (C=O) groups is 1. The van der Waals surface area contributed by atoms with E-state index in [0.717, 1.165) is 11.5 Å². The molecule has 0 aromatic carbocycles. The van der Waals surface area contributed by atoms with Gasteiger partial charge in [0.2, 0.25) is 0 Å². The van der Waals surface area contributed by atoms with Crippen molar-refractivity contribution in [3.63, 3.8) is 0 Å². The van der Waals surface area contributed by atoms with Gasteiger partial charge in [-0.15, -0.1) is 11.3 Å². The van der Waals surface area contributed by atoms with Gasteiger partial charge >= 0.3 is 0 Å². The van der Waals surface area contributed by atoms with Gasteiger partial charge in [0.05, 0.1) is 17.6 Å². The van der Waals surface area contributed by atoms with E-state index in [1.165, 1.54) is 11.3 Å². The van der Waals surface area contributed by atoms with E-state index in [1.54, 1.807) is 0 Å². The van der Waals surface area contributed by atoms with Crippen molar-refractivity contribution in [3.8, 4) is 0 Å². The zero-order valence-corrected chi connectivity index (χ0v) is 7.26. The lowest BCUT2D eigenvalue weighted by atomic mass is 10.4. The number of rotatable bonds is 3. The molecular weight excluding hydrogens is 174 g/mol. The molecule has 1 aliphatic heterocycles. The van der Waals surface area contributed by atoms with E-state index < -0.39 is 0 Å². The Labute approximate surface area is 74.4 Å². The number of hydrogen-bond acceptors (Lipinski definition) is 3. The third kappa shape index (κ3) is 1.84. The van der Waals surface area contributed by atoms with Crippen LogP contribution in [0.25, 0.3) is 0 Å². The Morgan fingerprint density at radius 2 is 2.67 bits per heavy atom. The Balaban J connectivity index is 1.83. The first-order valence-corrected chi connectivity index (χ1v) is 4.67.